The van der Waals surface area contributed by atoms with E-state index in [0.717, 1.165) is 36.8 Å². The van der Waals surface area contributed by atoms with Gasteiger partial charge in [-0.2, -0.15) is 0 Å². The Hall–Kier alpha value is -3.36. The van der Waals surface area contributed by atoms with Gasteiger partial charge in [0.25, 0.3) is 0 Å². The maximum atomic E-state index is 16.3. The van der Waals surface area contributed by atoms with Gasteiger partial charge in [-0.1, -0.05) is 18.6 Å². The molecule has 0 spiro atoms. The van der Waals surface area contributed by atoms with Crippen molar-refractivity contribution in [2.75, 3.05) is 77.7 Å². The number of nitrogens with one attached hydrogen (secondary N) is 1. The number of carbonyl (C=O) groups excluding carboxylic acids is 2. The summed E-state index contributed by atoms with van der Waals surface area (Å²) in [6.07, 6.45) is 3.82. The van der Waals surface area contributed by atoms with Gasteiger partial charge in [-0.25, -0.2) is 26.4 Å². The second-order valence-electron chi connectivity index (χ2n) is 15.4. The molecule has 0 bridgehead atoms. The number of rotatable bonds is 13. The Morgan fingerprint density at radius 3 is 2.37 bits per heavy atom. The summed E-state index contributed by atoms with van der Waals surface area (Å²) in [5.41, 5.74) is -0.0620. The average molecular weight is 749 g/mol. The number of benzene rings is 2. The number of halogens is 3. The van der Waals surface area contributed by atoms with Crippen molar-refractivity contribution in [2.24, 2.45) is 17.8 Å². The van der Waals surface area contributed by atoms with Crippen molar-refractivity contribution in [2.45, 2.75) is 67.2 Å². The number of nitrogens with zero attached hydrogens (tertiary/aromatic N) is 3. The minimum Gasteiger partial charge on any atom is -0.469 e. The van der Waals surface area contributed by atoms with E-state index in [1.165, 1.54) is 20.3 Å². The first-order valence-electron chi connectivity index (χ1n) is 18.2. The Bertz CT molecular complexity index is 1710. The Kier molecular flexibility index (Phi) is 11.5. The van der Waals surface area contributed by atoms with Crippen LogP contribution in [0.5, 0.6) is 0 Å². The zero-order valence-electron chi connectivity index (χ0n) is 30.3. The Morgan fingerprint density at radius 2 is 1.73 bits per heavy atom. The number of piperidine rings is 1. The molecule has 3 aliphatic heterocycles. The van der Waals surface area contributed by atoms with E-state index in [1.807, 2.05) is 15.9 Å². The lowest BCUT2D eigenvalue weighted by molar-refractivity contribution is -0.142. The average Bonchev–Trinajstić information content (AvgIpc) is 3.54. The maximum Gasteiger partial charge on any atom is 0.406 e. The number of esters is 1. The maximum absolute atomic E-state index is 16.3. The fourth-order valence-electron chi connectivity index (χ4n) is 9.51. The third-order valence-corrected chi connectivity index (χ3v) is 13.1. The van der Waals surface area contributed by atoms with E-state index in [-0.39, 0.29) is 80.1 Å². The van der Waals surface area contributed by atoms with E-state index < -0.39 is 33.2 Å². The first-order valence-corrected chi connectivity index (χ1v) is 20.1. The minimum absolute atomic E-state index is 0.00488. The normalized spacial score (nSPS) is 24.1. The summed E-state index contributed by atoms with van der Waals surface area (Å²) in [6.45, 7) is 2.84. The molecule has 286 valence electrons. The Morgan fingerprint density at radius 1 is 1.00 bits per heavy atom. The highest BCUT2D eigenvalue weighted by Gasteiger charge is 2.53. The number of likely N-dealkylation sites (tertiary alicyclic amines) is 2. The summed E-state index contributed by atoms with van der Waals surface area (Å²) in [5.74, 6) is -0.710. The molecular formula is C38H51F3N4O6S. The highest BCUT2D eigenvalue weighted by molar-refractivity contribution is 7.90. The topological polar surface area (TPSA) is 108 Å². The quantitative estimate of drug-likeness (QED) is 0.287. The molecule has 2 aromatic carbocycles. The van der Waals surface area contributed by atoms with Crippen LogP contribution < -0.4 is 10.2 Å². The number of methoxy groups -OCH3 is 2. The molecule has 1 N–H and O–H groups in total. The van der Waals surface area contributed by atoms with Gasteiger partial charge < -0.3 is 19.7 Å². The summed E-state index contributed by atoms with van der Waals surface area (Å²) in [4.78, 5) is 31.1. The predicted octanol–water partition coefficient (Wildman–Crippen LogP) is 4.90. The number of alkyl halides is 2. The van der Waals surface area contributed by atoms with Gasteiger partial charge in [-0.3, -0.25) is 14.6 Å². The summed E-state index contributed by atoms with van der Waals surface area (Å²) in [7, 11) is -0.812. The lowest BCUT2D eigenvalue weighted by Crippen LogP contribution is -2.64. The van der Waals surface area contributed by atoms with Crippen LogP contribution in [-0.2, 0) is 36.1 Å². The number of amides is 1. The van der Waals surface area contributed by atoms with Crippen LogP contribution in [0.2, 0.25) is 0 Å². The summed E-state index contributed by atoms with van der Waals surface area (Å²) in [5, 5.41) is 2.94. The molecule has 1 aliphatic carbocycles. The molecule has 14 heteroatoms. The van der Waals surface area contributed by atoms with Crippen LogP contribution in [0.4, 0.5) is 23.7 Å². The molecular weight excluding hydrogens is 698 g/mol. The van der Waals surface area contributed by atoms with Crippen LogP contribution in [0.15, 0.2) is 47.4 Å². The standard InChI is InChI=1S/C38H51F3N4O6S/c1-50-35(46)17-26-6-4-9-33(26)38(22-42-36(47)51-2,29-7-5-8-30(39)18-29)28-12-14-43(15-13-28)23-37(41)24-45(25-37)32-10-11-34(52(3,48)49)27(16-32)19-44-20-31(40)21-44/h5,7-8,10-11,16,18,26,28,31,33H,4,6,9,12-15,17,19-25H2,1-3H3,(H,42,47)/t26-,33+,38+/m1/s1. The molecule has 2 aromatic rings. The largest absolute Gasteiger partial charge is 0.469 e. The van der Waals surface area contributed by atoms with Crippen molar-refractivity contribution in [3.05, 3.63) is 59.4 Å². The second kappa shape index (κ2) is 15.5. The highest BCUT2D eigenvalue weighted by Crippen LogP contribution is 2.53. The van der Waals surface area contributed by atoms with Gasteiger partial charge in [0.15, 0.2) is 15.5 Å². The molecule has 3 saturated heterocycles. The molecule has 6 rings (SSSR count). The van der Waals surface area contributed by atoms with Gasteiger partial charge in [0.2, 0.25) is 0 Å². The Balaban J connectivity index is 1.17. The smallest absolute Gasteiger partial charge is 0.406 e. The molecule has 1 amide bonds. The lowest BCUT2D eigenvalue weighted by Gasteiger charge is -2.52. The molecule has 52 heavy (non-hydrogen) atoms. The van der Waals surface area contributed by atoms with Gasteiger partial charge in [-0.15, -0.1) is 0 Å². The molecule has 4 aliphatic rings. The van der Waals surface area contributed by atoms with Crippen molar-refractivity contribution in [3.63, 3.8) is 0 Å². The molecule has 10 nitrogen and oxygen atoms in total. The van der Waals surface area contributed by atoms with E-state index in [4.69, 9.17) is 9.47 Å². The minimum atomic E-state index is -3.50. The van der Waals surface area contributed by atoms with E-state index in [9.17, 15) is 26.8 Å². The van der Waals surface area contributed by atoms with E-state index in [2.05, 4.69) is 10.2 Å². The monoisotopic (exact) mass is 748 g/mol. The number of alkyl carbamates (subject to hydrolysis) is 1. The SMILES string of the molecule is COC(=O)C[C@H]1CCC[C@@H]1[C@](CNC(=O)OC)(c1cccc(F)c1)C1CCN(CC2(F)CN(c3ccc(S(C)(=O)=O)c(CN4CC(F)C4)c3)C2)CC1. The van der Waals surface area contributed by atoms with Crippen molar-refractivity contribution < 1.29 is 40.7 Å². The van der Waals surface area contributed by atoms with E-state index in [0.29, 0.717) is 38.0 Å². The predicted molar refractivity (Wildman–Crippen MR) is 191 cm³/mol. The van der Waals surface area contributed by atoms with Gasteiger partial charge in [-0.05, 0) is 98.0 Å². The number of sulfone groups is 1. The summed E-state index contributed by atoms with van der Waals surface area (Å²) >= 11 is 0. The van der Waals surface area contributed by atoms with Crippen molar-refractivity contribution in [1.82, 2.24) is 15.1 Å². The summed E-state index contributed by atoms with van der Waals surface area (Å²) < 4.78 is 79.6. The molecule has 4 fully saturated rings. The number of hydrogen-bond donors (Lipinski definition) is 1. The summed E-state index contributed by atoms with van der Waals surface area (Å²) in [6, 6.07) is 11.6. The zero-order chi connectivity index (χ0) is 37.3. The zero-order valence-corrected chi connectivity index (χ0v) is 31.1. The number of anilines is 1. The van der Waals surface area contributed by atoms with Gasteiger partial charge in [0.1, 0.15) is 12.0 Å². The van der Waals surface area contributed by atoms with Crippen LogP contribution in [0.1, 0.15) is 49.7 Å². The van der Waals surface area contributed by atoms with E-state index in [1.54, 1.807) is 30.3 Å². The molecule has 0 radical (unpaired) electrons. The molecule has 0 aromatic heterocycles. The first kappa shape index (κ1) is 38.4. The van der Waals surface area contributed by atoms with Crippen LogP contribution in [0.3, 0.4) is 0 Å². The van der Waals surface area contributed by atoms with Crippen LogP contribution in [0, 0.1) is 23.6 Å². The third-order valence-electron chi connectivity index (χ3n) is 11.9. The van der Waals surface area contributed by atoms with E-state index >= 15 is 4.39 Å². The van der Waals surface area contributed by atoms with Crippen molar-refractivity contribution in [1.29, 1.82) is 0 Å². The third kappa shape index (κ3) is 8.23. The first-order chi connectivity index (χ1) is 24.7. The molecule has 3 heterocycles. The number of ether oxygens (including phenoxy) is 2. The fraction of sp³-hybridized carbons (Fsp3) is 0.632. The fourth-order valence-corrected chi connectivity index (χ4v) is 10.4. The van der Waals surface area contributed by atoms with Crippen molar-refractivity contribution >= 4 is 27.6 Å². The lowest BCUT2D eigenvalue weighted by atomic mass is 9.57. The van der Waals surface area contributed by atoms with Crippen molar-refractivity contribution in [3.8, 4) is 0 Å². The van der Waals surface area contributed by atoms with Gasteiger partial charge >= 0.3 is 12.1 Å². The number of carbonyl (C=O) groups is 2. The van der Waals surface area contributed by atoms with Crippen LogP contribution in [-0.4, -0.2) is 115 Å². The van der Waals surface area contributed by atoms with Crippen LogP contribution in [0.25, 0.3) is 0 Å². The molecule has 1 saturated carbocycles. The Labute approximate surface area is 304 Å². The highest BCUT2D eigenvalue weighted by atomic mass is 32.2. The molecule has 3 atom stereocenters. The second-order valence-corrected chi connectivity index (χ2v) is 17.4. The number of hydrogen-bond acceptors (Lipinski definition) is 9. The molecule has 0 unspecified atom stereocenters. The van der Waals surface area contributed by atoms with Gasteiger partial charge in [0, 0.05) is 56.5 Å². The van der Waals surface area contributed by atoms with Crippen LogP contribution >= 0.6 is 0 Å². The van der Waals surface area contributed by atoms with Gasteiger partial charge in [0.05, 0.1) is 32.2 Å².